The van der Waals surface area contributed by atoms with Crippen molar-refractivity contribution in [2.24, 2.45) is 5.92 Å². The molecule has 0 aliphatic rings. The van der Waals surface area contributed by atoms with Gasteiger partial charge in [-0.05, 0) is 43.2 Å². The van der Waals surface area contributed by atoms with Gasteiger partial charge in [-0.15, -0.1) is 0 Å². The third-order valence-electron chi connectivity index (χ3n) is 4.32. The first-order valence-electron chi connectivity index (χ1n) is 8.69. The third kappa shape index (κ3) is 9.18. The van der Waals surface area contributed by atoms with Gasteiger partial charge in [0, 0.05) is 12.8 Å². The number of aromatic hydroxyl groups is 1. The van der Waals surface area contributed by atoms with Crippen LogP contribution in [-0.4, -0.2) is 27.3 Å². The van der Waals surface area contributed by atoms with E-state index >= 15 is 0 Å². The predicted octanol–water partition coefficient (Wildman–Crippen LogP) is 4.23. The lowest BCUT2D eigenvalue weighted by Gasteiger charge is -2.17. The summed E-state index contributed by atoms with van der Waals surface area (Å²) in [6, 6.07) is 7.31. The van der Waals surface area contributed by atoms with Crippen molar-refractivity contribution >= 4 is 11.9 Å². The second-order valence-corrected chi connectivity index (χ2v) is 6.31. The summed E-state index contributed by atoms with van der Waals surface area (Å²) in [7, 11) is 0. The highest BCUT2D eigenvalue weighted by Crippen LogP contribution is 2.25. The van der Waals surface area contributed by atoms with E-state index in [-0.39, 0.29) is 12.8 Å². The van der Waals surface area contributed by atoms with E-state index in [4.69, 9.17) is 10.2 Å². The summed E-state index contributed by atoms with van der Waals surface area (Å²) < 4.78 is 0. The highest BCUT2D eigenvalue weighted by Gasteiger charge is 2.11. The first kappa shape index (κ1) is 20.0. The van der Waals surface area contributed by atoms with E-state index in [9.17, 15) is 14.7 Å². The Balaban J connectivity index is 2.41. The minimum atomic E-state index is -0.762. The summed E-state index contributed by atoms with van der Waals surface area (Å²) in [5.74, 6) is -0.773. The summed E-state index contributed by atoms with van der Waals surface area (Å²) in [6.07, 6.45) is 7.12. The zero-order chi connectivity index (χ0) is 17.8. The van der Waals surface area contributed by atoms with Gasteiger partial charge in [-0.1, -0.05) is 43.9 Å². The van der Waals surface area contributed by atoms with Gasteiger partial charge in [0.2, 0.25) is 0 Å². The lowest BCUT2D eigenvalue weighted by atomic mass is 9.89. The van der Waals surface area contributed by atoms with Gasteiger partial charge < -0.3 is 15.3 Å². The number of rotatable bonds is 13. The maximum Gasteiger partial charge on any atom is 0.303 e. The van der Waals surface area contributed by atoms with E-state index in [1.54, 1.807) is 12.1 Å². The van der Waals surface area contributed by atoms with Crippen LogP contribution >= 0.6 is 0 Å². The van der Waals surface area contributed by atoms with Crippen molar-refractivity contribution in [2.75, 3.05) is 0 Å². The fourth-order valence-electron chi connectivity index (χ4n) is 2.93. The van der Waals surface area contributed by atoms with Gasteiger partial charge in [-0.2, -0.15) is 0 Å². The Morgan fingerprint density at radius 3 is 1.88 bits per heavy atom. The number of para-hydroxylation sites is 1. The molecule has 1 aromatic rings. The Morgan fingerprint density at radius 1 is 0.833 bits per heavy atom. The molecule has 0 amide bonds. The van der Waals surface area contributed by atoms with E-state index in [0.717, 1.165) is 44.1 Å². The van der Waals surface area contributed by atoms with Crippen molar-refractivity contribution in [2.45, 2.75) is 64.2 Å². The Labute approximate surface area is 143 Å². The van der Waals surface area contributed by atoms with Crippen LogP contribution in [0.2, 0.25) is 0 Å². The highest BCUT2D eigenvalue weighted by molar-refractivity contribution is 5.66. The van der Waals surface area contributed by atoms with Gasteiger partial charge in [-0.3, -0.25) is 9.59 Å². The largest absolute Gasteiger partial charge is 0.508 e. The number of carboxylic acids is 2. The summed E-state index contributed by atoms with van der Waals surface area (Å²) in [4.78, 5) is 21.2. The van der Waals surface area contributed by atoms with Crippen LogP contribution in [0.5, 0.6) is 5.75 Å². The van der Waals surface area contributed by atoms with Gasteiger partial charge in [0.25, 0.3) is 0 Å². The van der Waals surface area contributed by atoms with Crippen molar-refractivity contribution < 1.29 is 24.9 Å². The van der Waals surface area contributed by atoms with Crippen molar-refractivity contribution in [3.8, 4) is 5.75 Å². The molecule has 3 N–H and O–H groups in total. The number of phenolic OH excluding ortho intramolecular Hbond substituents is 1. The normalized spacial score (nSPS) is 10.9. The molecular weight excluding hydrogens is 308 g/mol. The first-order chi connectivity index (χ1) is 11.5. The molecule has 24 heavy (non-hydrogen) atoms. The van der Waals surface area contributed by atoms with Crippen LogP contribution in [0.3, 0.4) is 0 Å². The number of aryl methyl sites for hydroxylation is 1. The molecule has 0 bridgehead atoms. The van der Waals surface area contributed by atoms with Gasteiger partial charge in [0.05, 0.1) is 0 Å². The minimum Gasteiger partial charge on any atom is -0.508 e. The van der Waals surface area contributed by atoms with Crippen molar-refractivity contribution in [3.63, 3.8) is 0 Å². The van der Waals surface area contributed by atoms with Crippen LogP contribution in [0.4, 0.5) is 0 Å². The number of aliphatic carboxylic acids is 2. The van der Waals surface area contributed by atoms with Crippen molar-refractivity contribution in [1.82, 2.24) is 0 Å². The molecule has 0 heterocycles. The van der Waals surface area contributed by atoms with E-state index in [1.165, 1.54) is 0 Å². The zero-order valence-electron chi connectivity index (χ0n) is 14.1. The maximum absolute atomic E-state index is 10.6. The van der Waals surface area contributed by atoms with Crippen LogP contribution in [-0.2, 0) is 16.0 Å². The Kier molecular flexibility index (Phi) is 9.58. The standard InChI is InChI=1S/C19H28O5/c20-17-10-4-3-9-16(17)14-13-15(7-1-5-11-18(21)22)8-2-6-12-19(23)24/h3-4,9-10,15,20H,1-2,5-8,11-14H2,(H,21,22)(H,23,24). The number of phenols is 1. The van der Waals surface area contributed by atoms with Crippen LogP contribution < -0.4 is 0 Å². The molecule has 0 fully saturated rings. The second-order valence-electron chi connectivity index (χ2n) is 6.31. The molecule has 0 spiro atoms. The highest BCUT2D eigenvalue weighted by atomic mass is 16.4. The number of hydrogen-bond donors (Lipinski definition) is 3. The molecule has 134 valence electrons. The molecular formula is C19H28O5. The van der Waals surface area contributed by atoms with E-state index < -0.39 is 11.9 Å². The second kappa shape index (κ2) is 11.5. The quantitative estimate of drug-likeness (QED) is 0.469. The first-order valence-corrected chi connectivity index (χ1v) is 8.69. The fourth-order valence-corrected chi connectivity index (χ4v) is 2.93. The molecule has 1 aromatic carbocycles. The van der Waals surface area contributed by atoms with Gasteiger partial charge >= 0.3 is 11.9 Å². The van der Waals surface area contributed by atoms with E-state index in [1.807, 2.05) is 12.1 Å². The molecule has 0 atom stereocenters. The topological polar surface area (TPSA) is 94.8 Å². The molecule has 5 nitrogen and oxygen atoms in total. The lowest BCUT2D eigenvalue weighted by molar-refractivity contribution is -0.138. The van der Waals surface area contributed by atoms with Crippen LogP contribution in [0.1, 0.15) is 63.4 Å². The molecule has 0 aliphatic carbocycles. The Morgan fingerprint density at radius 2 is 1.38 bits per heavy atom. The summed E-state index contributed by atoms with van der Waals surface area (Å²) >= 11 is 0. The average molecular weight is 336 g/mol. The van der Waals surface area contributed by atoms with Gasteiger partial charge in [0.15, 0.2) is 0 Å². The van der Waals surface area contributed by atoms with Gasteiger partial charge in [-0.25, -0.2) is 0 Å². The summed E-state index contributed by atoms with van der Waals surface area (Å²) in [5.41, 5.74) is 0.929. The Bertz CT molecular complexity index is 490. The number of carbonyl (C=O) groups is 2. The van der Waals surface area contributed by atoms with Gasteiger partial charge in [0.1, 0.15) is 5.75 Å². The molecule has 0 aliphatic heterocycles. The molecule has 0 aromatic heterocycles. The fraction of sp³-hybridized carbons (Fsp3) is 0.579. The molecule has 0 radical (unpaired) electrons. The number of hydrogen-bond acceptors (Lipinski definition) is 3. The smallest absolute Gasteiger partial charge is 0.303 e. The molecule has 0 unspecified atom stereocenters. The summed E-state index contributed by atoms with van der Waals surface area (Å²) in [5, 5.41) is 27.2. The number of carboxylic acid groups (broad SMARTS) is 2. The molecule has 0 saturated heterocycles. The monoisotopic (exact) mass is 336 g/mol. The van der Waals surface area contributed by atoms with E-state index in [0.29, 0.717) is 24.5 Å². The number of benzene rings is 1. The third-order valence-corrected chi connectivity index (χ3v) is 4.32. The summed E-state index contributed by atoms with van der Waals surface area (Å²) in [6.45, 7) is 0. The van der Waals surface area contributed by atoms with Crippen LogP contribution in [0.15, 0.2) is 24.3 Å². The number of unbranched alkanes of at least 4 members (excludes halogenated alkanes) is 2. The van der Waals surface area contributed by atoms with Crippen LogP contribution in [0, 0.1) is 5.92 Å². The van der Waals surface area contributed by atoms with Crippen molar-refractivity contribution in [3.05, 3.63) is 29.8 Å². The Hall–Kier alpha value is -2.04. The molecule has 0 saturated carbocycles. The molecule has 1 rings (SSSR count). The SMILES string of the molecule is O=C(O)CCCCC(CCCCC(=O)O)CCc1ccccc1O. The lowest BCUT2D eigenvalue weighted by Crippen LogP contribution is -2.05. The van der Waals surface area contributed by atoms with E-state index in [2.05, 4.69) is 0 Å². The van der Waals surface area contributed by atoms with Crippen molar-refractivity contribution in [1.29, 1.82) is 0 Å². The minimum absolute atomic E-state index is 0.200. The average Bonchev–Trinajstić information content (AvgIpc) is 2.53. The van der Waals surface area contributed by atoms with Crippen LogP contribution in [0.25, 0.3) is 0 Å². The maximum atomic E-state index is 10.6. The zero-order valence-corrected chi connectivity index (χ0v) is 14.1. The predicted molar refractivity (Wildman–Crippen MR) is 92.1 cm³/mol. The molecule has 5 heteroatoms.